The highest BCUT2D eigenvalue weighted by Crippen LogP contribution is 2.37. The summed E-state index contributed by atoms with van der Waals surface area (Å²) in [6, 6.07) is 6.22. The predicted octanol–water partition coefficient (Wildman–Crippen LogP) is 2.83. The quantitative estimate of drug-likeness (QED) is 0.800. The molecule has 0 aromatic heterocycles. The van der Waals surface area contributed by atoms with Crippen LogP contribution in [-0.4, -0.2) is 38.8 Å². The molecular weight excluding hydrogens is 264 g/mol. The molecule has 1 aliphatic rings. The van der Waals surface area contributed by atoms with Gasteiger partial charge in [0, 0.05) is 18.7 Å². The first-order valence-electron chi connectivity index (χ1n) is 7.90. The number of likely N-dealkylation sites (N-methyl/N-ethyl adjacent to an activating group) is 1. The van der Waals surface area contributed by atoms with Crippen molar-refractivity contribution in [3.8, 4) is 11.5 Å². The highest BCUT2D eigenvalue weighted by atomic mass is 16.5. The van der Waals surface area contributed by atoms with Crippen molar-refractivity contribution in [2.24, 2.45) is 11.7 Å². The van der Waals surface area contributed by atoms with Gasteiger partial charge in [-0.15, -0.1) is 0 Å². The van der Waals surface area contributed by atoms with E-state index in [2.05, 4.69) is 17.9 Å². The Balaban J connectivity index is 2.25. The number of nitrogens with two attached hydrogens (primary N) is 1. The molecule has 1 saturated carbocycles. The number of hydrogen-bond donors (Lipinski definition) is 1. The van der Waals surface area contributed by atoms with Gasteiger partial charge in [0.2, 0.25) is 0 Å². The maximum atomic E-state index is 6.09. The SMILES string of the molecule is CCN(CC1CCC1)C(CN)c1cccc(OC)c1OC. The van der Waals surface area contributed by atoms with Gasteiger partial charge in [0.15, 0.2) is 11.5 Å². The minimum atomic E-state index is 0.181. The Kier molecular flexibility index (Phi) is 5.88. The van der Waals surface area contributed by atoms with Crippen molar-refractivity contribution in [3.05, 3.63) is 23.8 Å². The Morgan fingerprint density at radius 1 is 1.29 bits per heavy atom. The lowest BCUT2D eigenvalue weighted by Crippen LogP contribution is -2.38. The van der Waals surface area contributed by atoms with Gasteiger partial charge in [0.05, 0.1) is 20.3 Å². The molecule has 4 nitrogen and oxygen atoms in total. The average molecular weight is 292 g/mol. The Morgan fingerprint density at radius 3 is 2.52 bits per heavy atom. The number of ether oxygens (including phenoxy) is 2. The standard InChI is InChI=1S/C17H28N2O2/c1-4-19(12-13-7-5-8-13)15(11-18)14-9-6-10-16(20-2)17(14)21-3/h6,9-10,13,15H,4-5,7-8,11-12,18H2,1-3H3. The van der Waals surface area contributed by atoms with Crippen LogP contribution in [0.15, 0.2) is 18.2 Å². The molecule has 1 aromatic rings. The van der Waals surface area contributed by atoms with Crippen molar-refractivity contribution in [1.29, 1.82) is 0 Å². The van der Waals surface area contributed by atoms with E-state index < -0.39 is 0 Å². The lowest BCUT2D eigenvalue weighted by atomic mass is 9.84. The number of para-hydroxylation sites is 1. The molecule has 0 spiro atoms. The Labute approximate surface area is 128 Å². The monoisotopic (exact) mass is 292 g/mol. The molecule has 1 atom stereocenters. The van der Waals surface area contributed by atoms with E-state index in [1.807, 2.05) is 12.1 Å². The second-order valence-corrected chi connectivity index (χ2v) is 5.72. The molecule has 1 aromatic carbocycles. The van der Waals surface area contributed by atoms with E-state index >= 15 is 0 Å². The van der Waals surface area contributed by atoms with Crippen LogP contribution in [-0.2, 0) is 0 Å². The molecule has 1 unspecified atom stereocenters. The molecule has 0 aliphatic heterocycles. The summed E-state index contributed by atoms with van der Waals surface area (Å²) in [5, 5.41) is 0. The van der Waals surface area contributed by atoms with Crippen LogP contribution in [0, 0.1) is 5.92 Å². The molecule has 2 N–H and O–H groups in total. The van der Waals surface area contributed by atoms with Gasteiger partial charge in [0.1, 0.15) is 0 Å². The number of methoxy groups -OCH3 is 2. The van der Waals surface area contributed by atoms with Crippen LogP contribution in [0.4, 0.5) is 0 Å². The van der Waals surface area contributed by atoms with E-state index in [1.165, 1.54) is 19.3 Å². The van der Waals surface area contributed by atoms with Crippen molar-refractivity contribution in [1.82, 2.24) is 4.90 Å². The van der Waals surface area contributed by atoms with Gasteiger partial charge in [-0.3, -0.25) is 4.90 Å². The Morgan fingerprint density at radius 2 is 2.05 bits per heavy atom. The molecule has 1 fully saturated rings. The number of rotatable bonds is 8. The minimum absolute atomic E-state index is 0.181. The zero-order valence-corrected chi connectivity index (χ0v) is 13.5. The van der Waals surface area contributed by atoms with E-state index in [4.69, 9.17) is 15.2 Å². The summed E-state index contributed by atoms with van der Waals surface area (Å²) >= 11 is 0. The highest BCUT2D eigenvalue weighted by Gasteiger charge is 2.27. The normalized spacial score (nSPS) is 16.6. The van der Waals surface area contributed by atoms with Gasteiger partial charge in [-0.2, -0.15) is 0 Å². The maximum absolute atomic E-state index is 6.09. The molecule has 0 radical (unpaired) electrons. The van der Waals surface area contributed by atoms with Crippen LogP contribution in [0.3, 0.4) is 0 Å². The van der Waals surface area contributed by atoms with Crippen molar-refractivity contribution in [2.45, 2.75) is 32.2 Å². The third-order valence-corrected chi connectivity index (χ3v) is 4.58. The van der Waals surface area contributed by atoms with Crippen molar-refractivity contribution < 1.29 is 9.47 Å². The fourth-order valence-electron chi connectivity index (χ4n) is 3.13. The van der Waals surface area contributed by atoms with E-state index in [-0.39, 0.29) is 6.04 Å². The zero-order valence-electron chi connectivity index (χ0n) is 13.5. The van der Waals surface area contributed by atoms with Gasteiger partial charge in [-0.1, -0.05) is 25.5 Å². The third-order valence-electron chi connectivity index (χ3n) is 4.58. The molecule has 0 amide bonds. The molecule has 4 heteroatoms. The molecule has 1 aliphatic carbocycles. The second-order valence-electron chi connectivity index (χ2n) is 5.72. The van der Waals surface area contributed by atoms with Crippen LogP contribution in [0.2, 0.25) is 0 Å². The fourth-order valence-corrected chi connectivity index (χ4v) is 3.13. The topological polar surface area (TPSA) is 47.7 Å². The van der Waals surface area contributed by atoms with E-state index in [0.717, 1.165) is 36.1 Å². The largest absolute Gasteiger partial charge is 0.493 e. The summed E-state index contributed by atoms with van der Waals surface area (Å²) in [4.78, 5) is 2.47. The summed E-state index contributed by atoms with van der Waals surface area (Å²) in [5.41, 5.74) is 7.22. The number of hydrogen-bond acceptors (Lipinski definition) is 4. The Hall–Kier alpha value is -1.26. The smallest absolute Gasteiger partial charge is 0.165 e. The van der Waals surface area contributed by atoms with Crippen molar-refractivity contribution in [3.63, 3.8) is 0 Å². The van der Waals surface area contributed by atoms with Gasteiger partial charge in [0.25, 0.3) is 0 Å². The van der Waals surface area contributed by atoms with Gasteiger partial charge in [-0.25, -0.2) is 0 Å². The molecule has 21 heavy (non-hydrogen) atoms. The summed E-state index contributed by atoms with van der Waals surface area (Å²) in [7, 11) is 3.36. The maximum Gasteiger partial charge on any atom is 0.165 e. The lowest BCUT2D eigenvalue weighted by Gasteiger charge is -2.37. The van der Waals surface area contributed by atoms with Crippen LogP contribution >= 0.6 is 0 Å². The average Bonchev–Trinajstić information content (AvgIpc) is 2.48. The fraction of sp³-hybridized carbons (Fsp3) is 0.647. The summed E-state index contributed by atoms with van der Waals surface area (Å²) < 4.78 is 11.0. The first-order chi connectivity index (χ1) is 10.2. The summed E-state index contributed by atoms with van der Waals surface area (Å²) in [6.45, 7) is 4.91. The summed E-state index contributed by atoms with van der Waals surface area (Å²) in [6.07, 6.45) is 4.07. The van der Waals surface area contributed by atoms with Gasteiger partial charge >= 0.3 is 0 Å². The van der Waals surface area contributed by atoms with E-state index in [9.17, 15) is 0 Å². The predicted molar refractivity (Wildman–Crippen MR) is 85.9 cm³/mol. The van der Waals surface area contributed by atoms with E-state index in [1.54, 1.807) is 14.2 Å². The first-order valence-corrected chi connectivity index (χ1v) is 7.90. The number of nitrogens with zero attached hydrogens (tertiary/aromatic N) is 1. The van der Waals surface area contributed by atoms with Crippen molar-refractivity contribution >= 4 is 0 Å². The molecule has 0 bridgehead atoms. The Bertz CT molecular complexity index is 446. The second kappa shape index (κ2) is 7.66. The molecule has 0 heterocycles. The third kappa shape index (κ3) is 3.50. The van der Waals surface area contributed by atoms with Crippen LogP contribution in [0.5, 0.6) is 11.5 Å². The molecular formula is C17H28N2O2. The molecule has 2 rings (SSSR count). The first kappa shape index (κ1) is 16.1. The van der Waals surface area contributed by atoms with Crippen LogP contribution < -0.4 is 15.2 Å². The lowest BCUT2D eigenvalue weighted by molar-refractivity contribution is 0.139. The minimum Gasteiger partial charge on any atom is -0.493 e. The van der Waals surface area contributed by atoms with E-state index in [0.29, 0.717) is 6.54 Å². The molecule has 0 saturated heterocycles. The number of benzene rings is 1. The van der Waals surface area contributed by atoms with Crippen molar-refractivity contribution in [2.75, 3.05) is 33.9 Å². The molecule has 118 valence electrons. The van der Waals surface area contributed by atoms with Gasteiger partial charge < -0.3 is 15.2 Å². The summed E-state index contributed by atoms with van der Waals surface area (Å²) in [5.74, 6) is 2.41. The highest BCUT2D eigenvalue weighted by molar-refractivity contribution is 5.48. The van der Waals surface area contributed by atoms with Crippen LogP contribution in [0.1, 0.15) is 37.8 Å². The van der Waals surface area contributed by atoms with Crippen LogP contribution in [0.25, 0.3) is 0 Å². The van der Waals surface area contributed by atoms with Gasteiger partial charge in [-0.05, 0) is 31.4 Å². The zero-order chi connectivity index (χ0) is 15.2.